The fraction of sp³-hybridized carbons (Fsp3) is 0.400. The second-order valence-electron chi connectivity index (χ2n) is 6.55. The Morgan fingerprint density at radius 1 is 0.958 bits per heavy atom. The first kappa shape index (κ1) is 16.8. The van der Waals surface area contributed by atoms with Gasteiger partial charge in [-0.1, -0.05) is 24.3 Å². The summed E-state index contributed by atoms with van der Waals surface area (Å²) >= 11 is 0. The molecule has 0 saturated carbocycles. The minimum atomic E-state index is 0.309. The second-order valence-corrected chi connectivity index (χ2v) is 6.55. The van der Waals surface area contributed by atoms with E-state index in [0.29, 0.717) is 18.3 Å². The Hall–Kier alpha value is -2.04. The van der Waals surface area contributed by atoms with Crippen molar-refractivity contribution in [2.24, 2.45) is 5.92 Å². The number of piperidine rings is 1. The molecule has 0 spiro atoms. The Labute approximate surface area is 143 Å². The predicted molar refractivity (Wildman–Crippen MR) is 97.1 cm³/mol. The Bertz CT molecular complexity index is 634. The van der Waals surface area contributed by atoms with E-state index in [1.807, 2.05) is 12.1 Å². The average Bonchev–Trinajstić information content (AvgIpc) is 2.63. The van der Waals surface area contributed by atoms with Crippen molar-refractivity contribution in [1.29, 1.82) is 0 Å². The molecule has 4 heteroatoms. The maximum atomic E-state index is 9.47. The van der Waals surface area contributed by atoms with E-state index >= 15 is 0 Å². The molecule has 0 radical (unpaired) electrons. The van der Waals surface area contributed by atoms with Crippen molar-refractivity contribution in [2.75, 3.05) is 24.6 Å². The third kappa shape index (κ3) is 4.49. The van der Waals surface area contributed by atoms with E-state index in [4.69, 9.17) is 0 Å². The Balaban J connectivity index is 1.48. The Kier molecular flexibility index (Phi) is 5.72. The van der Waals surface area contributed by atoms with Crippen LogP contribution in [0.5, 0.6) is 5.75 Å². The molecule has 1 aliphatic heterocycles. The summed E-state index contributed by atoms with van der Waals surface area (Å²) in [6, 6.07) is 16.0. The number of anilines is 1. The summed E-state index contributed by atoms with van der Waals surface area (Å²) < 4.78 is 0. The number of aromatic hydroxyl groups is 1. The number of hydrogen-bond acceptors (Lipinski definition) is 4. The van der Waals surface area contributed by atoms with E-state index in [1.165, 1.54) is 11.3 Å². The maximum Gasteiger partial charge on any atom is 0.115 e. The van der Waals surface area contributed by atoms with Gasteiger partial charge in [0.05, 0.1) is 0 Å². The van der Waals surface area contributed by atoms with Crippen LogP contribution in [0, 0.1) is 5.92 Å². The van der Waals surface area contributed by atoms with Crippen LogP contribution in [0.3, 0.4) is 0 Å². The van der Waals surface area contributed by atoms with Crippen molar-refractivity contribution in [3.63, 3.8) is 0 Å². The number of nitrogens with zero attached hydrogens (tertiary/aromatic N) is 1. The number of nitrogens with one attached hydrogen (secondary N) is 1. The van der Waals surface area contributed by atoms with Crippen LogP contribution >= 0.6 is 0 Å². The summed E-state index contributed by atoms with van der Waals surface area (Å²) in [7, 11) is 0. The van der Waals surface area contributed by atoms with Crippen LogP contribution in [0.25, 0.3) is 0 Å². The van der Waals surface area contributed by atoms with Crippen LogP contribution < -0.4 is 10.2 Å². The molecule has 1 heterocycles. The standard InChI is InChI=1S/C20H26N2O2/c23-15-17-8-10-22(11-9-17)19-6-4-16(5-7-19)13-21-14-18-2-1-3-20(24)12-18/h1-7,12,17,21,23-24H,8-11,13-15H2. The number of phenols is 1. The summed E-state index contributed by atoms with van der Waals surface area (Å²) in [6.07, 6.45) is 2.15. The molecule has 24 heavy (non-hydrogen) atoms. The van der Waals surface area contributed by atoms with Crippen LogP contribution in [0.15, 0.2) is 48.5 Å². The number of benzene rings is 2. The highest BCUT2D eigenvalue weighted by Crippen LogP contribution is 2.23. The highest BCUT2D eigenvalue weighted by molar-refractivity contribution is 5.48. The summed E-state index contributed by atoms with van der Waals surface area (Å²) in [4.78, 5) is 2.40. The van der Waals surface area contributed by atoms with E-state index in [9.17, 15) is 10.2 Å². The van der Waals surface area contributed by atoms with Crippen molar-refractivity contribution in [3.05, 3.63) is 59.7 Å². The summed E-state index contributed by atoms with van der Waals surface area (Å²) in [6.45, 7) is 3.92. The molecule has 128 valence electrons. The van der Waals surface area contributed by atoms with Gasteiger partial charge in [-0.3, -0.25) is 0 Å². The van der Waals surface area contributed by atoms with Crippen LogP contribution in [0.2, 0.25) is 0 Å². The molecular formula is C20H26N2O2. The van der Waals surface area contributed by atoms with Crippen molar-refractivity contribution >= 4 is 5.69 Å². The van der Waals surface area contributed by atoms with Crippen LogP contribution in [0.1, 0.15) is 24.0 Å². The van der Waals surface area contributed by atoms with Crippen LogP contribution in [-0.4, -0.2) is 29.9 Å². The molecule has 0 aromatic heterocycles. The fourth-order valence-corrected chi connectivity index (χ4v) is 3.22. The van der Waals surface area contributed by atoms with Gasteiger partial charge in [-0.05, 0) is 54.2 Å². The molecular weight excluding hydrogens is 300 g/mol. The first-order valence-corrected chi connectivity index (χ1v) is 8.68. The van der Waals surface area contributed by atoms with Gasteiger partial charge in [0.1, 0.15) is 5.75 Å². The van der Waals surface area contributed by atoms with Gasteiger partial charge >= 0.3 is 0 Å². The SMILES string of the molecule is OCC1CCN(c2ccc(CNCc3cccc(O)c3)cc2)CC1. The van der Waals surface area contributed by atoms with Crippen molar-refractivity contribution in [1.82, 2.24) is 5.32 Å². The summed E-state index contributed by atoms with van der Waals surface area (Å²) in [5, 5.41) is 22.1. The van der Waals surface area contributed by atoms with E-state index in [1.54, 1.807) is 12.1 Å². The normalized spacial score (nSPS) is 15.6. The Morgan fingerprint density at radius 3 is 2.33 bits per heavy atom. The molecule has 3 N–H and O–H groups in total. The molecule has 0 atom stereocenters. The molecule has 3 rings (SSSR count). The first-order valence-electron chi connectivity index (χ1n) is 8.68. The van der Waals surface area contributed by atoms with E-state index < -0.39 is 0 Å². The average molecular weight is 326 g/mol. The van der Waals surface area contributed by atoms with Crippen LogP contribution in [-0.2, 0) is 13.1 Å². The van der Waals surface area contributed by atoms with E-state index in [-0.39, 0.29) is 0 Å². The zero-order valence-corrected chi connectivity index (χ0v) is 14.0. The van der Waals surface area contributed by atoms with Crippen molar-refractivity contribution in [3.8, 4) is 5.75 Å². The number of hydrogen-bond donors (Lipinski definition) is 3. The smallest absolute Gasteiger partial charge is 0.115 e. The highest BCUT2D eigenvalue weighted by Gasteiger charge is 2.18. The highest BCUT2D eigenvalue weighted by atomic mass is 16.3. The zero-order valence-electron chi connectivity index (χ0n) is 14.0. The van der Waals surface area contributed by atoms with Gasteiger partial charge in [-0.25, -0.2) is 0 Å². The van der Waals surface area contributed by atoms with Gasteiger partial charge in [0.15, 0.2) is 0 Å². The third-order valence-corrected chi connectivity index (χ3v) is 4.74. The molecule has 1 saturated heterocycles. The lowest BCUT2D eigenvalue weighted by molar-refractivity contribution is 0.203. The fourth-order valence-electron chi connectivity index (χ4n) is 3.22. The number of rotatable bonds is 6. The number of aliphatic hydroxyl groups excluding tert-OH is 1. The quantitative estimate of drug-likeness (QED) is 0.764. The minimum Gasteiger partial charge on any atom is -0.508 e. The lowest BCUT2D eigenvalue weighted by Crippen LogP contribution is -2.34. The molecule has 1 fully saturated rings. The van der Waals surface area contributed by atoms with Crippen LogP contribution in [0.4, 0.5) is 5.69 Å². The first-order chi connectivity index (χ1) is 11.7. The number of aliphatic hydroxyl groups is 1. The molecule has 4 nitrogen and oxygen atoms in total. The third-order valence-electron chi connectivity index (χ3n) is 4.74. The van der Waals surface area contributed by atoms with Gasteiger partial charge in [0.25, 0.3) is 0 Å². The van der Waals surface area contributed by atoms with Gasteiger partial charge in [-0.2, -0.15) is 0 Å². The molecule has 1 aliphatic rings. The van der Waals surface area contributed by atoms with Gasteiger partial charge in [0.2, 0.25) is 0 Å². The molecule has 0 bridgehead atoms. The van der Waals surface area contributed by atoms with E-state index in [0.717, 1.165) is 44.6 Å². The Morgan fingerprint density at radius 2 is 1.67 bits per heavy atom. The van der Waals surface area contributed by atoms with Gasteiger partial charge in [-0.15, -0.1) is 0 Å². The topological polar surface area (TPSA) is 55.7 Å². The zero-order chi connectivity index (χ0) is 16.8. The summed E-state index contributed by atoms with van der Waals surface area (Å²) in [5.74, 6) is 0.783. The molecule has 0 aliphatic carbocycles. The number of phenolic OH excluding ortho intramolecular Hbond substituents is 1. The molecule has 0 unspecified atom stereocenters. The lowest BCUT2D eigenvalue weighted by atomic mass is 9.97. The maximum absolute atomic E-state index is 9.47. The molecule has 2 aromatic rings. The predicted octanol–water partition coefficient (Wildman–Crippen LogP) is 2.89. The van der Waals surface area contributed by atoms with Crippen molar-refractivity contribution in [2.45, 2.75) is 25.9 Å². The lowest BCUT2D eigenvalue weighted by Gasteiger charge is -2.33. The van der Waals surface area contributed by atoms with E-state index in [2.05, 4.69) is 34.5 Å². The molecule has 0 amide bonds. The monoisotopic (exact) mass is 326 g/mol. The summed E-state index contributed by atoms with van der Waals surface area (Å²) in [5.41, 5.74) is 3.60. The van der Waals surface area contributed by atoms with Gasteiger partial charge < -0.3 is 20.4 Å². The largest absolute Gasteiger partial charge is 0.508 e. The second kappa shape index (κ2) is 8.18. The minimum absolute atomic E-state index is 0.309. The molecule has 2 aromatic carbocycles. The van der Waals surface area contributed by atoms with Crippen molar-refractivity contribution < 1.29 is 10.2 Å². The van der Waals surface area contributed by atoms with Gasteiger partial charge in [0, 0.05) is 38.5 Å².